The molecule has 0 unspecified atom stereocenters. The minimum Gasteiger partial charge on any atom is -0.493 e. The van der Waals surface area contributed by atoms with Gasteiger partial charge in [0.2, 0.25) is 0 Å². The maximum absolute atomic E-state index is 10.3. The first-order chi connectivity index (χ1) is 7.17. The molecular weight excluding hydrogens is 198 g/mol. The summed E-state index contributed by atoms with van der Waals surface area (Å²) in [7, 11) is 1.42. The van der Waals surface area contributed by atoms with Crippen molar-refractivity contribution in [1.82, 2.24) is 0 Å². The zero-order valence-corrected chi connectivity index (χ0v) is 8.06. The number of hydrogen-bond donors (Lipinski definition) is 1. The molecule has 0 atom stereocenters. The minimum atomic E-state index is -1.07. The molecule has 0 saturated carbocycles. The second kappa shape index (κ2) is 4.86. The van der Waals surface area contributed by atoms with Gasteiger partial charge in [0.05, 0.1) is 18.7 Å². The average molecular weight is 207 g/mol. The molecule has 0 radical (unpaired) electrons. The lowest BCUT2D eigenvalue weighted by atomic mass is 10.2. The molecule has 5 heteroatoms. The van der Waals surface area contributed by atoms with Gasteiger partial charge in [-0.2, -0.15) is 5.26 Å². The largest absolute Gasteiger partial charge is 0.493 e. The maximum Gasteiger partial charge on any atom is 0.341 e. The van der Waals surface area contributed by atoms with Gasteiger partial charge in [-0.05, 0) is 12.1 Å². The summed E-state index contributed by atoms with van der Waals surface area (Å²) < 4.78 is 9.91. The Kier molecular flexibility index (Phi) is 3.52. The Morgan fingerprint density at radius 2 is 2.27 bits per heavy atom. The van der Waals surface area contributed by atoms with Gasteiger partial charge in [-0.15, -0.1) is 0 Å². The van der Waals surface area contributed by atoms with Crippen LogP contribution < -0.4 is 9.47 Å². The van der Waals surface area contributed by atoms with Crippen LogP contribution in [-0.2, 0) is 4.79 Å². The molecular formula is C10H9NO4. The Morgan fingerprint density at radius 1 is 1.53 bits per heavy atom. The van der Waals surface area contributed by atoms with Gasteiger partial charge in [-0.25, -0.2) is 4.79 Å². The first kappa shape index (κ1) is 10.9. The number of methoxy groups -OCH3 is 1. The van der Waals surface area contributed by atoms with Gasteiger partial charge in [-0.1, -0.05) is 0 Å². The van der Waals surface area contributed by atoms with E-state index in [4.69, 9.17) is 19.8 Å². The predicted octanol–water partition coefficient (Wildman–Crippen LogP) is 1.03. The topological polar surface area (TPSA) is 79.5 Å². The molecule has 15 heavy (non-hydrogen) atoms. The van der Waals surface area contributed by atoms with Crippen molar-refractivity contribution in [3.8, 4) is 17.6 Å². The van der Waals surface area contributed by atoms with Crippen molar-refractivity contribution >= 4 is 5.97 Å². The van der Waals surface area contributed by atoms with Crippen molar-refractivity contribution in [2.24, 2.45) is 0 Å². The van der Waals surface area contributed by atoms with Gasteiger partial charge >= 0.3 is 5.97 Å². The van der Waals surface area contributed by atoms with Gasteiger partial charge in [0, 0.05) is 6.07 Å². The third kappa shape index (κ3) is 2.88. The fourth-order valence-electron chi connectivity index (χ4n) is 0.996. The first-order valence-corrected chi connectivity index (χ1v) is 4.10. The standard InChI is InChI=1S/C10H9NO4/c1-14-9-4-7(5-11)2-3-8(9)15-6-10(12)13/h2-4H,6H2,1H3,(H,12,13). The smallest absolute Gasteiger partial charge is 0.341 e. The molecule has 0 bridgehead atoms. The molecule has 5 nitrogen and oxygen atoms in total. The second-order valence-corrected chi connectivity index (χ2v) is 2.66. The van der Waals surface area contributed by atoms with E-state index in [9.17, 15) is 4.79 Å². The second-order valence-electron chi connectivity index (χ2n) is 2.66. The van der Waals surface area contributed by atoms with Crippen molar-refractivity contribution in [3.05, 3.63) is 23.8 Å². The molecule has 0 heterocycles. The molecule has 1 N–H and O–H groups in total. The van der Waals surface area contributed by atoms with Crippen LogP contribution in [0, 0.1) is 11.3 Å². The molecule has 0 aliphatic heterocycles. The summed E-state index contributed by atoms with van der Waals surface area (Å²) in [6, 6.07) is 6.45. The predicted molar refractivity (Wildman–Crippen MR) is 50.8 cm³/mol. The third-order valence-corrected chi connectivity index (χ3v) is 1.64. The van der Waals surface area contributed by atoms with Crippen molar-refractivity contribution in [1.29, 1.82) is 5.26 Å². The van der Waals surface area contributed by atoms with Crippen molar-refractivity contribution in [3.63, 3.8) is 0 Å². The molecule has 1 rings (SSSR count). The molecule has 0 aliphatic carbocycles. The van der Waals surface area contributed by atoms with Crippen molar-refractivity contribution in [2.75, 3.05) is 13.7 Å². The fourth-order valence-corrected chi connectivity index (χ4v) is 0.996. The first-order valence-electron chi connectivity index (χ1n) is 4.10. The highest BCUT2D eigenvalue weighted by Gasteiger charge is 2.07. The Labute approximate surface area is 86.5 Å². The van der Waals surface area contributed by atoms with E-state index in [0.717, 1.165) is 0 Å². The quantitative estimate of drug-likeness (QED) is 0.797. The van der Waals surface area contributed by atoms with Crippen LogP contribution in [0.4, 0.5) is 0 Å². The summed E-state index contributed by atoms with van der Waals surface area (Å²) in [4.78, 5) is 10.3. The summed E-state index contributed by atoms with van der Waals surface area (Å²) in [6.07, 6.45) is 0. The average Bonchev–Trinajstić information content (AvgIpc) is 2.25. The third-order valence-electron chi connectivity index (χ3n) is 1.64. The van der Waals surface area contributed by atoms with Gasteiger partial charge in [0.1, 0.15) is 0 Å². The van der Waals surface area contributed by atoms with E-state index in [1.54, 1.807) is 0 Å². The zero-order valence-electron chi connectivity index (χ0n) is 8.06. The number of rotatable bonds is 4. The number of hydrogen-bond acceptors (Lipinski definition) is 4. The van der Waals surface area contributed by atoms with Crippen LogP contribution in [0.15, 0.2) is 18.2 Å². The molecule has 0 saturated heterocycles. The molecule has 0 fully saturated rings. The Morgan fingerprint density at radius 3 is 2.80 bits per heavy atom. The number of aliphatic carboxylic acids is 1. The normalized spacial score (nSPS) is 9.07. The van der Waals surface area contributed by atoms with Crippen LogP contribution in [0.2, 0.25) is 0 Å². The van der Waals surface area contributed by atoms with Gasteiger partial charge < -0.3 is 14.6 Å². The summed E-state index contributed by atoms with van der Waals surface area (Å²) in [5, 5.41) is 17.0. The summed E-state index contributed by atoms with van der Waals surface area (Å²) in [5.74, 6) is -0.421. The molecule has 0 aliphatic rings. The number of ether oxygens (including phenoxy) is 2. The number of benzene rings is 1. The Balaban J connectivity index is 2.88. The molecule has 78 valence electrons. The van der Waals surface area contributed by atoms with Gasteiger partial charge in [-0.3, -0.25) is 0 Å². The lowest BCUT2D eigenvalue weighted by Crippen LogP contribution is -2.10. The number of carbonyl (C=O) groups is 1. The highest BCUT2D eigenvalue weighted by molar-refractivity contribution is 5.68. The van der Waals surface area contributed by atoms with Crippen LogP contribution in [0.5, 0.6) is 11.5 Å². The lowest BCUT2D eigenvalue weighted by Gasteiger charge is -2.08. The van der Waals surface area contributed by atoms with Gasteiger partial charge in [0.25, 0.3) is 0 Å². The van der Waals surface area contributed by atoms with Crippen LogP contribution in [0.3, 0.4) is 0 Å². The molecule has 0 aromatic heterocycles. The number of nitriles is 1. The van der Waals surface area contributed by atoms with E-state index in [1.165, 1.54) is 25.3 Å². The van der Waals surface area contributed by atoms with Crippen molar-refractivity contribution < 1.29 is 19.4 Å². The summed E-state index contributed by atoms with van der Waals surface area (Å²) >= 11 is 0. The Bertz CT molecular complexity index is 408. The number of carboxylic acid groups (broad SMARTS) is 1. The van der Waals surface area contributed by atoms with E-state index in [0.29, 0.717) is 17.1 Å². The highest BCUT2D eigenvalue weighted by atomic mass is 16.5. The fraction of sp³-hybridized carbons (Fsp3) is 0.200. The van der Waals surface area contributed by atoms with Crippen molar-refractivity contribution in [2.45, 2.75) is 0 Å². The van der Waals surface area contributed by atoms with Crippen LogP contribution in [0.25, 0.3) is 0 Å². The van der Waals surface area contributed by atoms with E-state index in [2.05, 4.69) is 0 Å². The highest BCUT2D eigenvalue weighted by Crippen LogP contribution is 2.27. The van der Waals surface area contributed by atoms with E-state index in [1.807, 2.05) is 6.07 Å². The molecule has 1 aromatic carbocycles. The zero-order chi connectivity index (χ0) is 11.3. The monoisotopic (exact) mass is 207 g/mol. The lowest BCUT2D eigenvalue weighted by molar-refractivity contribution is -0.139. The minimum absolute atomic E-state index is 0.305. The Hall–Kier alpha value is -2.22. The van der Waals surface area contributed by atoms with Gasteiger partial charge in [0.15, 0.2) is 18.1 Å². The molecule has 1 aromatic rings. The van der Waals surface area contributed by atoms with Crippen LogP contribution in [0.1, 0.15) is 5.56 Å². The van der Waals surface area contributed by atoms with E-state index >= 15 is 0 Å². The van der Waals surface area contributed by atoms with E-state index in [-0.39, 0.29) is 0 Å². The number of carboxylic acids is 1. The summed E-state index contributed by atoms with van der Waals surface area (Å²) in [5.41, 5.74) is 0.425. The molecule has 0 spiro atoms. The number of nitrogens with zero attached hydrogens (tertiary/aromatic N) is 1. The maximum atomic E-state index is 10.3. The molecule has 0 amide bonds. The summed E-state index contributed by atoms with van der Waals surface area (Å²) in [6.45, 7) is -0.442. The SMILES string of the molecule is COc1cc(C#N)ccc1OCC(=O)O. The van der Waals surface area contributed by atoms with Crippen LogP contribution in [-0.4, -0.2) is 24.8 Å². The van der Waals surface area contributed by atoms with Crippen LogP contribution >= 0.6 is 0 Å². The van der Waals surface area contributed by atoms with E-state index < -0.39 is 12.6 Å².